The Hall–Kier alpha value is -5.99. The van der Waals surface area contributed by atoms with Crippen molar-refractivity contribution < 1.29 is 10.2 Å². The average Bonchev–Trinajstić information content (AvgIpc) is 3.16. The monoisotopic (exact) mass is 688 g/mol. The Morgan fingerprint density at radius 1 is 0.510 bits per heavy atom. The molecule has 0 fully saturated rings. The summed E-state index contributed by atoms with van der Waals surface area (Å²) in [6.45, 7) is 10.6. The number of anilines is 7. The van der Waals surface area contributed by atoms with Crippen LogP contribution in [0.4, 0.5) is 63.3 Å². The zero-order valence-corrected chi connectivity index (χ0v) is 29.3. The zero-order chi connectivity index (χ0) is 36.0. The molecule has 0 unspecified atom stereocenters. The zero-order valence-electron chi connectivity index (χ0n) is 29.3. The first kappa shape index (κ1) is 36.3. The van der Waals surface area contributed by atoms with Gasteiger partial charge in [0.15, 0.2) is 0 Å². The van der Waals surface area contributed by atoms with Crippen molar-refractivity contribution in [2.45, 2.75) is 27.7 Å². The summed E-state index contributed by atoms with van der Waals surface area (Å²) in [6, 6.07) is 30.6. The third kappa shape index (κ3) is 9.59. The highest BCUT2D eigenvalue weighted by Gasteiger charge is 2.17. The van der Waals surface area contributed by atoms with Crippen molar-refractivity contribution in [2.75, 3.05) is 65.0 Å². The lowest BCUT2D eigenvalue weighted by molar-refractivity contribution is 0.220. The number of nitrogens with zero attached hydrogens (tertiary/aromatic N) is 10. The number of azo groups is 2. The molecule has 14 heteroatoms. The summed E-state index contributed by atoms with van der Waals surface area (Å²) < 4.78 is 0. The summed E-state index contributed by atoms with van der Waals surface area (Å²) in [5.74, 6) is 0.337. The van der Waals surface area contributed by atoms with E-state index < -0.39 is 13.5 Å². The molecule has 5 aromatic rings. The van der Waals surface area contributed by atoms with Gasteiger partial charge in [-0.05, 0) is 88.4 Å². The molecule has 0 saturated heterocycles. The Morgan fingerprint density at radius 2 is 0.922 bits per heavy atom. The van der Waals surface area contributed by atoms with Crippen molar-refractivity contribution >= 4 is 63.3 Å². The van der Waals surface area contributed by atoms with E-state index in [1.54, 1.807) is 0 Å². The van der Waals surface area contributed by atoms with E-state index >= 15 is 0 Å². The van der Waals surface area contributed by atoms with Crippen LogP contribution in [0.3, 0.4) is 0 Å². The van der Waals surface area contributed by atoms with Crippen LogP contribution in [0.1, 0.15) is 27.7 Å². The van der Waals surface area contributed by atoms with Gasteiger partial charge in [0, 0.05) is 37.6 Å². The number of benzene rings is 4. The Bertz CT molecular complexity index is 1770. The van der Waals surface area contributed by atoms with E-state index in [9.17, 15) is 10.2 Å². The molecule has 5 rings (SSSR count). The van der Waals surface area contributed by atoms with E-state index in [1.165, 1.54) is 4.90 Å². The van der Waals surface area contributed by atoms with Gasteiger partial charge in [-0.3, -0.25) is 4.90 Å². The van der Waals surface area contributed by atoms with Gasteiger partial charge in [0.25, 0.3) is 0 Å². The topological polar surface area (TPSA) is 162 Å². The second-order valence-corrected chi connectivity index (χ2v) is 11.2. The predicted molar refractivity (Wildman–Crippen MR) is 204 cm³/mol. The van der Waals surface area contributed by atoms with Crippen LogP contribution in [-0.2, 0) is 0 Å². The van der Waals surface area contributed by atoms with Gasteiger partial charge in [0.05, 0.1) is 22.7 Å². The molecule has 0 atom stereocenters. The molecular formula is C37H44N12O2. The highest BCUT2D eigenvalue weighted by atomic mass is 16.3. The highest BCUT2D eigenvalue weighted by Crippen LogP contribution is 2.36. The van der Waals surface area contributed by atoms with Crippen LogP contribution in [0.25, 0.3) is 0 Å². The number of aliphatic hydroxyl groups is 2. The van der Waals surface area contributed by atoms with Crippen LogP contribution in [0.15, 0.2) is 118 Å². The standard InChI is InChI=1S/C37H44N12O2/c1-5-47(6-2)29-19-21-31(45-43-27-15-11-9-12-16-27)33(23-29)38-35-40-36(42-37(41-35)49(25-50)26-51)39-34-24-30(48(7-3)8-4)20-22-32(34)46-44-28-17-13-10-14-18-28/h9-24,50-51H,5-8,25-26H2,1-4H3,(H2,38,39,40,41,42). The maximum atomic E-state index is 10.0. The lowest BCUT2D eigenvalue weighted by Crippen LogP contribution is -2.27. The quantitative estimate of drug-likeness (QED) is 0.0550. The van der Waals surface area contributed by atoms with Crippen molar-refractivity contribution in [2.24, 2.45) is 20.5 Å². The van der Waals surface area contributed by atoms with Gasteiger partial charge >= 0.3 is 0 Å². The molecule has 0 saturated carbocycles. The number of nitrogens with one attached hydrogen (secondary N) is 2. The van der Waals surface area contributed by atoms with Gasteiger partial charge < -0.3 is 30.6 Å². The van der Waals surface area contributed by atoms with Gasteiger partial charge in [-0.1, -0.05) is 36.4 Å². The largest absolute Gasteiger partial charge is 0.376 e. The smallest absolute Gasteiger partial charge is 0.235 e. The molecule has 0 aliphatic carbocycles. The van der Waals surface area contributed by atoms with Gasteiger partial charge in [-0.15, -0.1) is 10.2 Å². The predicted octanol–water partition coefficient (Wildman–Crippen LogP) is 8.59. The van der Waals surface area contributed by atoms with Crippen molar-refractivity contribution in [3.8, 4) is 0 Å². The molecule has 51 heavy (non-hydrogen) atoms. The second-order valence-electron chi connectivity index (χ2n) is 11.2. The third-order valence-electron chi connectivity index (χ3n) is 8.02. The van der Waals surface area contributed by atoms with Gasteiger partial charge in [-0.25, -0.2) is 0 Å². The third-order valence-corrected chi connectivity index (χ3v) is 8.02. The molecule has 0 aliphatic heterocycles. The molecule has 0 spiro atoms. The molecule has 1 aromatic heterocycles. The Morgan fingerprint density at radius 3 is 1.29 bits per heavy atom. The molecule has 0 radical (unpaired) electrons. The number of rotatable bonds is 17. The lowest BCUT2D eigenvalue weighted by Gasteiger charge is -2.23. The highest BCUT2D eigenvalue weighted by molar-refractivity contribution is 5.77. The van der Waals surface area contributed by atoms with Crippen molar-refractivity contribution in [1.29, 1.82) is 0 Å². The first-order chi connectivity index (χ1) is 25.0. The molecule has 264 valence electrons. The number of aromatic nitrogens is 3. The van der Waals surface area contributed by atoms with Gasteiger partial charge in [-0.2, -0.15) is 25.2 Å². The average molecular weight is 689 g/mol. The normalized spacial score (nSPS) is 11.3. The molecule has 0 amide bonds. The number of hydrogen-bond donors (Lipinski definition) is 4. The van der Waals surface area contributed by atoms with E-state index in [1.807, 2.05) is 97.1 Å². The van der Waals surface area contributed by atoms with Gasteiger partial charge in [0.2, 0.25) is 17.8 Å². The first-order valence-electron chi connectivity index (χ1n) is 17.0. The fourth-order valence-corrected chi connectivity index (χ4v) is 5.24. The van der Waals surface area contributed by atoms with E-state index in [2.05, 4.69) is 78.6 Å². The minimum Gasteiger partial charge on any atom is -0.376 e. The van der Waals surface area contributed by atoms with Crippen LogP contribution in [0.5, 0.6) is 0 Å². The van der Waals surface area contributed by atoms with Crippen LogP contribution >= 0.6 is 0 Å². The van der Waals surface area contributed by atoms with E-state index in [-0.39, 0.29) is 17.8 Å². The minimum absolute atomic E-state index is 0.0414. The van der Waals surface area contributed by atoms with Crippen LogP contribution < -0.4 is 25.3 Å². The Kier molecular flexibility index (Phi) is 12.9. The van der Waals surface area contributed by atoms with Crippen molar-refractivity contribution in [3.63, 3.8) is 0 Å². The summed E-state index contributed by atoms with van der Waals surface area (Å²) in [7, 11) is 0. The summed E-state index contributed by atoms with van der Waals surface area (Å²) in [4.78, 5) is 19.4. The Balaban J connectivity index is 1.58. The fourth-order valence-electron chi connectivity index (χ4n) is 5.24. The minimum atomic E-state index is -0.526. The first-order valence-corrected chi connectivity index (χ1v) is 17.0. The number of hydrogen-bond acceptors (Lipinski definition) is 14. The summed E-state index contributed by atoms with van der Waals surface area (Å²) >= 11 is 0. The summed E-state index contributed by atoms with van der Waals surface area (Å²) in [6.07, 6.45) is 0. The molecule has 1 heterocycles. The fraction of sp³-hybridized carbons (Fsp3) is 0.270. The molecule has 4 aromatic carbocycles. The molecule has 0 bridgehead atoms. The number of aliphatic hydroxyl groups excluding tert-OH is 2. The maximum Gasteiger partial charge on any atom is 0.235 e. The maximum absolute atomic E-state index is 10.0. The Labute approximate surface area is 298 Å². The SMILES string of the molecule is CCN(CC)c1ccc(N=Nc2ccccc2)c(Nc2nc(Nc3cc(N(CC)CC)ccc3N=Nc3ccccc3)nc(N(CO)CO)n2)c1. The van der Waals surface area contributed by atoms with Crippen LogP contribution in [0, 0.1) is 0 Å². The van der Waals surface area contributed by atoms with Crippen molar-refractivity contribution in [1.82, 2.24) is 15.0 Å². The molecule has 14 nitrogen and oxygen atoms in total. The van der Waals surface area contributed by atoms with E-state index in [0.717, 1.165) is 37.6 Å². The van der Waals surface area contributed by atoms with Gasteiger partial charge in [0.1, 0.15) is 24.8 Å². The van der Waals surface area contributed by atoms with Crippen molar-refractivity contribution in [3.05, 3.63) is 97.1 Å². The van der Waals surface area contributed by atoms with E-state index in [4.69, 9.17) is 4.98 Å². The van der Waals surface area contributed by atoms with E-state index in [0.29, 0.717) is 34.1 Å². The second kappa shape index (κ2) is 18.1. The molecular weight excluding hydrogens is 644 g/mol. The molecule has 4 N–H and O–H groups in total. The summed E-state index contributed by atoms with van der Waals surface area (Å²) in [5.41, 5.74) is 5.68. The van der Waals surface area contributed by atoms with Crippen LogP contribution in [0.2, 0.25) is 0 Å². The van der Waals surface area contributed by atoms with Crippen LogP contribution in [-0.4, -0.2) is 64.8 Å². The summed E-state index contributed by atoms with van der Waals surface area (Å²) in [5, 5.41) is 44.7. The molecule has 0 aliphatic rings. The lowest BCUT2D eigenvalue weighted by atomic mass is 10.2.